The zero-order valence-corrected chi connectivity index (χ0v) is 12.9. The molecule has 1 fully saturated rings. The predicted molar refractivity (Wildman–Crippen MR) is 77.7 cm³/mol. The lowest BCUT2D eigenvalue weighted by molar-refractivity contribution is -0.191. The molecule has 1 amide bonds. The number of rotatable bonds is 4. The molecule has 1 saturated carbocycles. The van der Waals surface area contributed by atoms with Crippen LogP contribution in [0.25, 0.3) is 0 Å². The first kappa shape index (κ1) is 16.2. The summed E-state index contributed by atoms with van der Waals surface area (Å²) in [5, 5.41) is 16.4. The fourth-order valence-electron chi connectivity index (χ4n) is 3.18. The third kappa shape index (κ3) is 3.04. The number of hydrogen-bond donors (Lipinski definition) is 2. The molecule has 1 aromatic heterocycles. The molecule has 2 heterocycles. The van der Waals surface area contributed by atoms with Gasteiger partial charge >= 0.3 is 0 Å². The largest absolute Gasteiger partial charge is 0.477 e. The minimum Gasteiger partial charge on any atom is -0.477 e. The Hall–Kier alpha value is -1.70. The number of ether oxygens (including phenoxy) is 1. The summed E-state index contributed by atoms with van der Waals surface area (Å²) in [6.07, 6.45) is 4.23. The van der Waals surface area contributed by atoms with Gasteiger partial charge in [-0.3, -0.25) is 4.79 Å². The van der Waals surface area contributed by atoms with Gasteiger partial charge in [-0.05, 0) is 12.8 Å². The second-order valence-electron chi connectivity index (χ2n) is 6.27. The van der Waals surface area contributed by atoms with E-state index >= 15 is 0 Å². The molecule has 1 aromatic rings. The van der Waals surface area contributed by atoms with E-state index in [1.807, 2.05) is 0 Å². The first-order valence-corrected chi connectivity index (χ1v) is 8.00. The van der Waals surface area contributed by atoms with Gasteiger partial charge in [0, 0.05) is 13.0 Å². The van der Waals surface area contributed by atoms with Crippen LogP contribution in [0.4, 0.5) is 8.78 Å². The van der Waals surface area contributed by atoms with E-state index in [2.05, 4.69) is 10.4 Å². The predicted octanol–water partition coefficient (Wildman–Crippen LogP) is 1.73. The average Bonchev–Trinajstić information content (AvgIpc) is 2.97. The third-order valence-corrected chi connectivity index (χ3v) is 4.62. The number of fused-ring (bicyclic) bond motifs is 1. The molecule has 1 aliphatic carbocycles. The fourth-order valence-corrected chi connectivity index (χ4v) is 3.18. The van der Waals surface area contributed by atoms with Crippen LogP contribution in [0.3, 0.4) is 0 Å². The summed E-state index contributed by atoms with van der Waals surface area (Å²) in [5.41, 5.74) is -1.89. The Kier molecular flexibility index (Phi) is 4.27. The number of aliphatic hydroxyl groups is 1. The lowest BCUT2D eigenvalue weighted by atomic mass is 9.80. The molecule has 128 valence electrons. The molecule has 0 atom stereocenters. The molecule has 2 N–H and O–H groups in total. The van der Waals surface area contributed by atoms with Gasteiger partial charge in [-0.25, -0.2) is 13.5 Å². The van der Waals surface area contributed by atoms with Crippen LogP contribution in [-0.2, 0) is 6.54 Å². The Balaban J connectivity index is 1.65. The zero-order chi connectivity index (χ0) is 16.5. The molecule has 6 nitrogen and oxygen atoms in total. The van der Waals surface area contributed by atoms with Crippen LogP contribution in [0.5, 0.6) is 5.88 Å². The van der Waals surface area contributed by atoms with E-state index in [4.69, 9.17) is 4.74 Å². The van der Waals surface area contributed by atoms with Crippen molar-refractivity contribution >= 4 is 5.91 Å². The number of nitrogens with one attached hydrogen (secondary N) is 1. The minimum atomic E-state index is -3.36. The highest BCUT2D eigenvalue weighted by molar-refractivity contribution is 5.96. The van der Waals surface area contributed by atoms with Crippen LogP contribution in [0.1, 0.15) is 48.9 Å². The van der Waals surface area contributed by atoms with Gasteiger partial charge < -0.3 is 15.2 Å². The van der Waals surface area contributed by atoms with Crippen molar-refractivity contribution in [1.82, 2.24) is 15.1 Å². The topological polar surface area (TPSA) is 76.4 Å². The van der Waals surface area contributed by atoms with Crippen molar-refractivity contribution < 1.29 is 23.4 Å². The zero-order valence-electron chi connectivity index (χ0n) is 12.9. The molecule has 2 aliphatic rings. The Bertz CT molecular complexity index is 583. The molecule has 23 heavy (non-hydrogen) atoms. The number of aromatic nitrogens is 2. The van der Waals surface area contributed by atoms with Gasteiger partial charge in [0.15, 0.2) is 0 Å². The Morgan fingerprint density at radius 3 is 2.87 bits per heavy atom. The van der Waals surface area contributed by atoms with Crippen molar-refractivity contribution in [2.75, 3.05) is 13.2 Å². The number of carbonyl (C=O) groups excluding carboxylic acids is 1. The van der Waals surface area contributed by atoms with E-state index < -0.39 is 24.0 Å². The van der Waals surface area contributed by atoms with Gasteiger partial charge in [0.1, 0.15) is 11.2 Å². The number of alkyl halides is 2. The van der Waals surface area contributed by atoms with Gasteiger partial charge in [-0.2, -0.15) is 5.10 Å². The number of aryl methyl sites for hydroxylation is 1. The number of amides is 1. The normalized spacial score (nSPS) is 20.5. The number of hydrogen-bond acceptors (Lipinski definition) is 4. The smallest absolute Gasteiger partial charge is 0.293 e. The van der Waals surface area contributed by atoms with E-state index in [1.165, 1.54) is 6.20 Å². The maximum atomic E-state index is 14.3. The highest BCUT2D eigenvalue weighted by atomic mass is 19.3. The number of carbonyl (C=O) groups is 1. The van der Waals surface area contributed by atoms with Crippen LogP contribution < -0.4 is 10.1 Å². The molecular weight excluding hydrogens is 308 g/mol. The Morgan fingerprint density at radius 2 is 2.13 bits per heavy atom. The SMILES string of the molecule is O=C(NCC(F)(F)C1(O)CCCCC1)c1cnn2c1OCCC2. The summed E-state index contributed by atoms with van der Waals surface area (Å²) in [7, 11) is 0. The van der Waals surface area contributed by atoms with Gasteiger partial charge in [0.25, 0.3) is 11.8 Å². The van der Waals surface area contributed by atoms with E-state index in [0.29, 0.717) is 31.9 Å². The van der Waals surface area contributed by atoms with Crippen LogP contribution in [0.2, 0.25) is 0 Å². The lowest BCUT2D eigenvalue weighted by Crippen LogP contribution is -2.55. The molecule has 0 bridgehead atoms. The van der Waals surface area contributed by atoms with Crippen LogP contribution in [-0.4, -0.2) is 45.5 Å². The molecule has 3 rings (SSSR count). The van der Waals surface area contributed by atoms with Crippen molar-refractivity contribution in [3.05, 3.63) is 11.8 Å². The van der Waals surface area contributed by atoms with Crippen molar-refractivity contribution in [3.8, 4) is 5.88 Å². The van der Waals surface area contributed by atoms with E-state index in [-0.39, 0.29) is 18.4 Å². The van der Waals surface area contributed by atoms with E-state index in [9.17, 15) is 18.7 Å². The molecule has 0 saturated heterocycles. The van der Waals surface area contributed by atoms with Gasteiger partial charge in [-0.15, -0.1) is 0 Å². The van der Waals surface area contributed by atoms with Crippen molar-refractivity contribution in [1.29, 1.82) is 0 Å². The quantitative estimate of drug-likeness (QED) is 0.882. The lowest BCUT2D eigenvalue weighted by Gasteiger charge is -2.38. The minimum absolute atomic E-state index is 0.0577. The standard InChI is InChI=1S/C15H21F2N3O3/c16-15(17,14(22)5-2-1-3-6-14)10-18-12(21)11-9-19-20-7-4-8-23-13(11)20/h9,22H,1-8,10H2,(H,18,21). The van der Waals surface area contributed by atoms with Gasteiger partial charge in [-0.1, -0.05) is 19.3 Å². The first-order chi connectivity index (χ1) is 10.9. The van der Waals surface area contributed by atoms with Crippen molar-refractivity contribution in [3.63, 3.8) is 0 Å². The summed E-state index contributed by atoms with van der Waals surface area (Å²) >= 11 is 0. The Labute approximate surface area is 132 Å². The first-order valence-electron chi connectivity index (χ1n) is 8.00. The molecule has 0 spiro atoms. The van der Waals surface area contributed by atoms with Gasteiger partial charge in [0.2, 0.25) is 5.88 Å². The molecular formula is C15H21F2N3O3. The maximum absolute atomic E-state index is 14.3. The fraction of sp³-hybridized carbons (Fsp3) is 0.733. The summed E-state index contributed by atoms with van der Waals surface area (Å²) < 4.78 is 35.6. The number of halogens is 2. The van der Waals surface area contributed by atoms with Crippen LogP contribution in [0.15, 0.2) is 6.20 Å². The molecule has 0 unspecified atom stereocenters. The van der Waals surface area contributed by atoms with Crippen molar-refractivity contribution in [2.45, 2.75) is 56.6 Å². The van der Waals surface area contributed by atoms with Gasteiger partial charge in [0.05, 0.1) is 19.3 Å². The van der Waals surface area contributed by atoms with E-state index in [0.717, 1.165) is 12.8 Å². The second-order valence-corrected chi connectivity index (χ2v) is 6.27. The Morgan fingerprint density at radius 1 is 1.39 bits per heavy atom. The summed E-state index contributed by atoms with van der Waals surface area (Å²) in [5.74, 6) is -3.71. The summed E-state index contributed by atoms with van der Waals surface area (Å²) in [4.78, 5) is 12.2. The summed E-state index contributed by atoms with van der Waals surface area (Å²) in [6, 6.07) is 0. The monoisotopic (exact) mass is 329 g/mol. The molecule has 0 radical (unpaired) electrons. The third-order valence-electron chi connectivity index (χ3n) is 4.62. The average molecular weight is 329 g/mol. The molecule has 8 heteroatoms. The summed E-state index contributed by atoms with van der Waals surface area (Å²) in [6.45, 7) is 0.216. The van der Waals surface area contributed by atoms with Crippen LogP contribution >= 0.6 is 0 Å². The molecule has 1 aliphatic heterocycles. The van der Waals surface area contributed by atoms with Crippen molar-refractivity contribution in [2.24, 2.45) is 0 Å². The molecule has 0 aromatic carbocycles. The second kappa shape index (κ2) is 6.07. The highest BCUT2D eigenvalue weighted by Gasteiger charge is 2.52. The maximum Gasteiger partial charge on any atom is 0.293 e. The number of nitrogens with zero attached hydrogens (tertiary/aromatic N) is 2. The van der Waals surface area contributed by atoms with E-state index in [1.54, 1.807) is 4.68 Å². The van der Waals surface area contributed by atoms with Crippen LogP contribution in [0, 0.1) is 0 Å². The highest BCUT2D eigenvalue weighted by Crippen LogP contribution is 2.40.